The summed E-state index contributed by atoms with van der Waals surface area (Å²) in [6, 6.07) is 4.51. The lowest BCUT2D eigenvalue weighted by Gasteiger charge is -2.29. The molecule has 0 fully saturated rings. The highest BCUT2D eigenvalue weighted by Crippen LogP contribution is 2.24. The third-order valence-corrected chi connectivity index (χ3v) is 3.81. The van der Waals surface area contributed by atoms with Crippen LogP contribution in [0.4, 0.5) is 4.39 Å². The molecular weight excluding hydrogens is 253 g/mol. The van der Waals surface area contributed by atoms with E-state index in [1.165, 1.54) is 12.1 Å². The normalized spacial score (nSPS) is 11.8. The van der Waals surface area contributed by atoms with Gasteiger partial charge in [-0.2, -0.15) is 0 Å². The molecule has 0 atom stereocenters. The Bertz CT molecular complexity index is 352. The van der Waals surface area contributed by atoms with Gasteiger partial charge in [0.1, 0.15) is 5.82 Å². The monoisotopic (exact) mass is 273 g/mol. The van der Waals surface area contributed by atoms with Crippen LogP contribution >= 0.6 is 11.6 Å². The van der Waals surface area contributed by atoms with Crippen LogP contribution in [-0.2, 0) is 6.54 Å². The molecule has 0 bridgehead atoms. The van der Waals surface area contributed by atoms with E-state index in [1.54, 1.807) is 6.07 Å². The molecule has 0 spiro atoms. The molecule has 0 heterocycles. The van der Waals surface area contributed by atoms with Crippen LogP contribution in [0.3, 0.4) is 0 Å². The van der Waals surface area contributed by atoms with E-state index >= 15 is 0 Å². The van der Waals surface area contributed by atoms with Crippen LogP contribution in [0, 0.1) is 11.2 Å². The highest BCUT2D eigenvalue weighted by atomic mass is 35.5. The molecule has 0 saturated heterocycles. The Hall–Kier alpha value is -0.640. The SMILES string of the molecule is CCC(CC)(CO)CNCc1cc(F)cc(Cl)c1. The summed E-state index contributed by atoms with van der Waals surface area (Å²) in [7, 11) is 0. The van der Waals surface area contributed by atoms with Crippen molar-refractivity contribution < 1.29 is 9.50 Å². The molecule has 4 heteroatoms. The van der Waals surface area contributed by atoms with Gasteiger partial charge in [-0.1, -0.05) is 25.4 Å². The first-order valence-electron chi connectivity index (χ1n) is 6.32. The van der Waals surface area contributed by atoms with Crippen molar-refractivity contribution in [3.8, 4) is 0 Å². The summed E-state index contributed by atoms with van der Waals surface area (Å²) < 4.78 is 13.1. The van der Waals surface area contributed by atoms with E-state index < -0.39 is 0 Å². The molecule has 0 amide bonds. The number of aliphatic hydroxyl groups is 1. The molecule has 0 aliphatic heterocycles. The predicted molar refractivity (Wildman–Crippen MR) is 73.2 cm³/mol. The largest absolute Gasteiger partial charge is 0.396 e. The van der Waals surface area contributed by atoms with Crippen molar-refractivity contribution in [2.24, 2.45) is 5.41 Å². The second kappa shape index (κ2) is 7.07. The summed E-state index contributed by atoms with van der Waals surface area (Å²) >= 11 is 5.79. The number of benzene rings is 1. The van der Waals surface area contributed by atoms with Crippen LogP contribution in [0.25, 0.3) is 0 Å². The maximum Gasteiger partial charge on any atom is 0.125 e. The Morgan fingerprint density at radius 1 is 1.28 bits per heavy atom. The van der Waals surface area contributed by atoms with Gasteiger partial charge in [0.25, 0.3) is 0 Å². The van der Waals surface area contributed by atoms with E-state index in [2.05, 4.69) is 19.2 Å². The van der Waals surface area contributed by atoms with Gasteiger partial charge in [-0.05, 0) is 36.6 Å². The zero-order valence-corrected chi connectivity index (χ0v) is 11.7. The van der Waals surface area contributed by atoms with Crippen LogP contribution < -0.4 is 5.32 Å². The molecule has 1 rings (SSSR count). The molecule has 0 aliphatic carbocycles. The van der Waals surface area contributed by atoms with Gasteiger partial charge in [0.05, 0.1) is 0 Å². The summed E-state index contributed by atoms with van der Waals surface area (Å²) in [5.41, 5.74) is 0.732. The molecule has 2 N–H and O–H groups in total. The highest BCUT2D eigenvalue weighted by molar-refractivity contribution is 6.30. The Labute approximate surface area is 113 Å². The van der Waals surface area contributed by atoms with Gasteiger partial charge in [-0.25, -0.2) is 4.39 Å². The predicted octanol–water partition coefficient (Wildman–Crippen LogP) is 3.37. The molecular formula is C14H21ClFNO. The molecule has 0 aliphatic rings. The van der Waals surface area contributed by atoms with Crippen molar-refractivity contribution in [1.82, 2.24) is 5.32 Å². The van der Waals surface area contributed by atoms with E-state index in [-0.39, 0.29) is 17.8 Å². The molecule has 1 aromatic carbocycles. The molecule has 0 saturated carbocycles. The number of hydrogen-bond acceptors (Lipinski definition) is 2. The number of hydrogen-bond donors (Lipinski definition) is 2. The van der Waals surface area contributed by atoms with Crippen molar-refractivity contribution in [3.63, 3.8) is 0 Å². The van der Waals surface area contributed by atoms with E-state index in [1.807, 2.05) is 0 Å². The molecule has 0 aromatic heterocycles. The first-order valence-corrected chi connectivity index (χ1v) is 6.69. The highest BCUT2D eigenvalue weighted by Gasteiger charge is 2.24. The minimum atomic E-state index is -0.321. The lowest BCUT2D eigenvalue weighted by atomic mass is 9.83. The third-order valence-electron chi connectivity index (χ3n) is 3.59. The van der Waals surface area contributed by atoms with E-state index in [0.717, 1.165) is 18.4 Å². The molecule has 18 heavy (non-hydrogen) atoms. The fourth-order valence-corrected chi connectivity index (χ4v) is 2.21. The van der Waals surface area contributed by atoms with Gasteiger partial charge in [0.2, 0.25) is 0 Å². The molecule has 102 valence electrons. The lowest BCUT2D eigenvalue weighted by Crippen LogP contribution is -2.36. The summed E-state index contributed by atoms with van der Waals surface area (Å²) in [5.74, 6) is -0.321. The van der Waals surface area contributed by atoms with Gasteiger partial charge >= 0.3 is 0 Å². The van der Waals surface area contributed by atoms with Gasteiger partial charge < -0.3 is 10.4 Å². The van der Waals surface area contributed by atoms with Crippen LogP contribution in [0.5, 0.6) is 0 Å². The maximum atomic E-state index is 13.1. The molecule has 0 radical (unpaired) electrons. The average molecular weight is 274 g/mol. The maximum absolute atomic E-state index is 13.1. The summed E-state index contributed by atoms with van der Waals surface area (Å²) in [4.78, 5) is 0. The number of rotatable bonds is 7. The van der Waals surface area contributed by atoms with Crippen LogP contribution in [0.1, 0.15) is 32.3 Å². The number of nitrogens with one attached hydrogen (secondary N) is 1. The summed E-state index contributed by atoms with van der Waals surface area (Å²) in [5, 5.41) is 13.1. The fourth-order valence-electron chi connectivity index (χ4n) is 1.96. The van der Waals surface area contributed by atoms with Crippen LogP contribution in [0.15, 0.2) is 18.2 Å². The minimum absolute atomic E-state index is 0.0862. The molecule has 2 nitrogen and oxygen atoms in total. The van der Waals surface area contributed by atoms with E-state index in [0.29, 0.717) is 18.1 Å². The summed E-state index contributed by atoms with van der Waals surface area (Å²) in [6.07, 6.45) is 1.83. The Morgan fingerprint density at radius 2 is 1.94 bits per heavy atom. The quantitative estimate of drug-likeness (QED) is 0.798. The van der Waals surface area contributed by atoms with Crippen molar-refractivity contribution in [2.75, 3.05) is 13.2 Å². The van der Waals surface area contributed by atoms with Crippen LogP contribution in [-0.4, -0.2) is 18.3 Å². The minimum Gasteiger partial charge on any atom is -0.396 e. The standard InChI is InChI=1S/C14H21ClFNO/c1-3-14(4-2,10-18)9-17-8-11-5-12(15)7-13(16)6-11/h5-7,17-18H,3-4,8-10H2,1-2H3. The Balaban J connectivity index is 2.55. The fraction of sp³-hybridized carbons (Fsp3) is 0.571. The zero-order chi connectivity index (χ0) is 13.6. The van der Waals surface area contributed by atoms with Crippen molar-refractivity contribution in [3.05, 3.63) is 34.6 Å². The van der Waals surface area contributed by atoms with Gasteiger partial charge in [0.15, 0.2) is 0 Å². The first-order chi connectivity index (χ1) is 8.55. The molecule has 1 aromatic rings. The van der Waals surface area contributed by atoms with Crippen molar-refractivity contribution >= 4 is 11.6 Å². The van der Waals surface area contributed by atoms with Crippen molar-refractivity contribution in [1.29, 1.82) is 0 Å². The lowest BCUT2D eigenvalue weighted by molar-refractivity contribution is 0.113. The second-order valence-electron chi connectivity index (χ2n) is 4.75. The van der Waals surface area contributed by atoms with Crippen molar-refractivity contribution in [2.45, 2.75) is 33.2 Å². The third kappa shape index (κ3) is 4.23. The number of aliphatic hydroxyl groups excluding tert-OH is 1. The van der Waals surface area contributed by atoms with E-state index in [4.69, 9.17) is 11.6 Å². The van der Waals surface area contributed by atoms with E-state index in [9.17, 15) is 9.50 Å². The first kappa shape index (κ1) is 15.4. The van der Waals surface area contributed by atoms with Gasteiger partial charge in [-0.3, -0.25) is 0 Å². The Kier molecular flexibility index (Phi) is 6.06. The smallest absolute Gasteiger partial charge is 0.125 e. The average Bonchev–Trinajstić information content (AvgIpc) is 2.34. The molecule has 0 unspecified atom stereocenters. The summed E-state index contributed by atoms with van der Waals surface area (Å²) in [6.45, 7) is 5.57. The van der Waals surface area contributed by atoms with Gasteiger partial charge in [0, 0.05) is 30.1 Å². The van der Waals surface area contributed by atoms with Crippen LogP contribution in [0.2, 0.25) is 5.02 Å². The van der Waals surface area contributed by atoms with Gasteiger partial charge in [-0.15, -0.1) is 0 Å². The number of halogens is 2. The Morgan fingerprint density at radius 3 is 2.44 bits per heavy atom. The second-order valence-corrected chi connectivity index (χ2v) is 5.18. The topological polar surface area (TPSA) is 32.3 Å². The zero-order valence-electron chi connectivity index (χ0n) is 11.0.